The van der Waals surface area contributed by atoms with Crippen LogP contribution in [0.5, 0.6) is 11.5 Å². The number of carbonyl (C=O) groups is 1. The molecule has 0 bridgehead atoms. The number of carbonyl (C=O) groups excluding carboxylic acids is 1. The normalized spacial score (nSPS) is 12.5. The van der Waals surface area contributed by atoms with Gasteiger partial charge in [-0.3, -0.25) is 9.89 Å². The van der Waals surface area contributed by atoms with Gasteiger partial charge in [-0.2, -0.15) is 5.10 Å². The Labute approximate surface area is 109 Å². The second kappa shape index (κ2) is 4.31. The van der Waals surface area contributed by atoms with Gasteiger partial charge in [-0.05, 0) is 26.0 Å². The number of H-pyrrole nitrogens is 1. The van der Waals surface area contributed by atoms with Crippen LogP contribution in [0, 0.1) is 13.8 Å². The van der Waals surface area contributed by atoms with Crippen LogP contribution in [0.1, 0.15) is 21.7 Å². The molecular weight excluding hydrogens is 246 g/mol. The maximum absolute atomic E-state index is 12.2. The highest BCUT2D eigenvalue weighted by molar-refractivity contribution is 6.05. The Morgan fingerprint density at radius 3 is 2.84 bits per heavy atom. The molecule has 98 valence electrons. The van der Waals surface area contributed by atoms with Gasteiger partial charge >= 0.3 is 0 Å². The molecule has 1 aliphatic rings. The molecule has 0 saturated heterocycles. The number of ether oxygens (including phenoxy) is 2. The third kappa shape index (κ3) is 2.01. The first-order valence-electron chi connectivity index (χ1n) is 5.87. The van der Waals surface area contributed by atoms with E-state index >= 15 is 0 Å². The molecule has 2 heterocycles. The molecule has 6 nitrogen and oxygen atoms in total. The van der Waals surface area contributed by atoms with Crippen LogP contribution in [0.25, 0.3) is 0 Å². The molecule has 0 radical (unpaired) electrons. The molecule has 1 aromatic heterocycles. The third-order valence-electron chi connectivity index (χ3n) is 2.99. The number of hydrogen-bond acceptors (Lipinski definition) is 4. The van der Waals surface area contributed by atoms with Gasteiger partial charge in [0.05, 0.1) is 11.3 Å². The molecule has 0 unspecified atom stereocenters. The average molecular weight is 259 g/mol. The Bertz CT molecular complexity index is 629. The van der Waals surface area contributed by atoms with Crippen molar-refractivity contribution in [3.8, 4) is 11.5 Å². The lowest BCUT2D eigenvalue weighted by atomic mass is 10.2. The number of aryl methyl sites for hydroxylation is 2. The van der Waals surface area contributed by atoms with Gasteiger partial charge in [0.15, 0.2) is 11.5 Å². The first-order valence-corrected chi connectivity index (χ1v) is 5.87. The lowest BCUT2D eigenvalue weighted by Crippen LogP contribution is -2.13. The largest absolute Gasteiger partial charge is 0.454 e. The van der Waals surface area contributed by atoms with Crippen LogP contribution in [0.4, 0.5) is 5.69 Å². The van der Waals surface area contributed by atoms with Crippen molar-refractivity contribution in [3.63, 3.8) is 0 Å². The molecule has 2 aromatic rings. The van der Waals surface area contributed by atoms with Crippen molar-refractivity contribution in [1.82, 2.24) is 10.2 Å². The minimum Gasteiger partial charge on any atom is -0.454 e. The monoisotopic (exact) mass is 259 g/mol. The Morgan fingerprint density at radius 1 is 1.32 bits per heavy atom. The summed E-state index contributed by atoms with van der Waals surface area (Å²) in [6.07, 6.45) is 0. The van der Waals surface area contributed by atoms with E-state index in [-0.39, 0.29) is 12.7 Å². The van der Waals surface area contributed by atoms with Crippen molar-refractivity contribution in [2.24, 2.45) is 0 Å². The SMILES string of the molecule is Cc1n[nH]c(C)c1C(=O)Nc1ccc2c(c1)OCO2. The third-order valence-corrected chi connectivity index (χ3v) is 2.99. The molecule has 2 N–H and O–H groups in total. The number of aromatic amines is 1. The van der Waals surface area contributed by atoms with Crippen LogP contribution in [0.3, 0.4) is 0 Å². The summed E-state index contributed by atoms with van der Waals surface area (Å²) in [4.78, 5) is 12.2. The minimum atomic E-state index is -0.192. The zero-order valence-corrected chi connectivity index (χ0v) is 10.6. The number of amides is 1. The Kier molecular flexibility index (Phi) is 2.63. The van der Waals surface area contributed by atoms with E-state index in [0.29, 0.717) is 28.4 Å². The van der Waals surface area contributed by atoms with Gasteiger partial charge in [0, 0.05) is 17.4 Å². The van der Waals surface area contributed by atoms with Crippen molar-refractivity contribution in [2.45, 2.75) is 13.8 Å². The lowest BCUT2D eigenvalue weighted by Gasteiger charge is -2.06. The van der Waals surface area contributed by atoms with Crippen molar-refractivity contribution >= 4 is 11.6 Å². The smallest absolute Gasteiger partial charge is 0.259 e. The topological polar surface area (TPSA) is 76.2 Å². The molecule has 19 heavy (non-hydrogen) atoms. The summed E-state index contributed by atoms with van der Waals surface area (Å²) < 4.78 is 10.5. The Hall–Kier alpha value is -2.50. The van der Waals surface area contributed by atoms with E-state index in [4.69, 9.17) is 9.47 Å². The number of nitrogens with one attached hydrogen (secondary N) is 2. The number of nitrogens with zero attached hydrogens (tertiary/aromatic N) is 1. The van der Waals surface area contributed by atoms with E-state index in [2.05, 4.69) is 15.5 Å². The summed E-state index contributed by atoms with van der Waals surface area (Å²) >= 11 is 0. The van der Waals surface area contributed by atoms with E-state index in [9.17, 15) is 4.79 Å². The van der Waals surface area contributed by atoms with E-state index in [1.807, 2.05) is 6.92 Å². The zero-order valence-electron chi connectivity index (χ0n) is 10.6. The van der Waals surface area contributed by atoms with Crippen LogP contribution in [0.15, 0.2) is 18.2 Å². The minimum absolute atomic E-state index is 0.192. The van der Waals surface area contributed by atoms with Crippen LogP contribution >= 0.6 is 0 Å². The maximum atomic E-state index is 12.2. The predicted octanol–water partition coefficient (Wildman–Crippen LogP) is 2.01. The lowest BCUT2D eigenvalue weighted by molar-refractivity contribution is 0.102. The highest BCUT2D eigenvalue weighted by atomic mass is 16.7. The van der Waals surface area contributed by atoms with Crippen LogP contribution in [-0.2, 0) is 0 Å². The molecule has 1 aromatic carbocycles. The van der Waals surface area contributed by atoms with Gasteiger partial charge in [-0.15, -0.1) is 0 Å². The van der Waals surface area contributed by atoms with Gasteiger partial charge in [0.25, 0.3) is 5.91 Å². The molecule has 1 amide bonds. The first kappa shape index (κ1) is 11.6. The number of fused-ring (bicyclic) bond motifs is 1. The van der Waals surface area contributed by atoms with Gasteiger partial charge in [-0.25, -0.2) is 0 Å². The number of rotatable bonds is 2. The fraction of sp³-hybridized carbons (Fsp3) is 0.231. The Balaban J connectivity index is 1.84. The summed E-state index contributed by atoms with van der Waals surface area (Å²) in [5.41, 5.74) is 2.65. The molecule has 0 spiro atoms. The summed E-state index contributed by atoms with van der Waals surface area (Å²) in [5, 5.41) is 9.62. The van der Waals surface area contributed by atoms with E-state index in [1.165, 1.54) is 0 Å². The van der Waals surface area contributed by atoms with E-state index in [0.717, 1.165) is 5.69 Å². The number of anilines is 1. The van der Waals surface area contributed by atoms with Crippen LogP contribution in [0.2, 0.25) is 0 Å². The van der Waals surface area contributed by atoms with E-state index < -0.39 is 0 Å². The van der Waals surface area contributed by atoms with E-state index in [1.54, 1.807) is 25.1 Å². The molecule has 6 heteroatoms. The number of benzene rings is 1. The Morgan fingerprint density at radius 2 is 2.11 bits per heavy atom. The zero-order chi connectivity index (χ0) is 13.4. The predicted molar refractivity (Wildman–Crippen MR) is 68.6 cm³/mol. The molecule has 0 fully saturated rings. The second-order valence-corrected chi connectivity index (χ2v) is 4.33. The summed E-state index contributed by atoms with van der Waals surface area (Å²) in [6, 6.07) is 5.29. The maximum Gasteiger partial charge on any atom is 0.259 e. The molecule has 1 aliphatic heterocycles. The van der Waals surface area contributed by atoms with Crippen molar-refractivity contribution in [3.05, 3.63) is 35.2 Å². The second-order valence-electron chi connectivity index (χ2n) is 4.33. The molecule has 0 aliphatic carbocycles. The van der Waals surface area contributed by atoms with Crippen molar-refractivity contribution in [1.29, 1.82) is 0 Å². The van der Waals surface area contributed by atoms with Crippen LogP contribution in [-0.4, -0.2) is 22.9 Å². The summed E-state index contributed by atoms with van der Waals surface area (Å²) in [7, 11) is 0. The van der Waals surface area contributed by atoms with Crippen molar-refractivity contribution < 1.29 is 14.3 Å². The van der Waals surface area contributed by atoms with Crippen LogP contribution < -0.4 is 14.8 Å². The number of hydrogen-bond donors (Lipinski definition) is 2. The van der Waals surface area contributed by atoms with Gasteiger partial charge in [-0.1, -0.05) is 0 Å². The van der Waals surface area contributed by atoms with Gasteiger partial charge < -0.3 is 14.8 Å². The highest BCUT2D eigenvalue weighted by Gasteiger charge is 2.17. The quantitative estimate of drug-likeness (QED) is 0.865. The van der Waals surface area contributed by atoms with Gasteiger partial charge in [0.1, 0.15) is 0 Å². The fourth-order valence-corrected chi connectivity index (χ4v) is 2.05. The molecular formula is C13H13N3O3. The molecule has 0 saturated carbocycles. The first-order chi connectivity index (χ1) is 9.15. The van der Waals surface area contributed by atoms with Crippen molar-refractivity contribution in [2.75, 3.05) is 12.1 Å². The summed E-state index contributed by atoms with van der Waals surface area (Å²) in [6.45, 7) is 3.82. The summed E-state index contributed by atoms with van der Waals surface area (Å²) in [5.74, 6) is 1.13. The van der Waals surface area contributed by atoms with Gasteiger partial charge in [0.2, 0.25) is 6.79 Å². The number of aromatic nitrogens is 2. The average Bonchev–Trinajstić information content (AvgIpc) is 2.95. The highest BCUT2D eigenvalue weighted by Crippen LogP contribution is 2.34. The molecule has 0 atom stereocenters. The molecule has 3 rings (SSSR count). The standard InChI is InChI=1S/C13H13N3O3/c1-7-12(8(2)16-15-7)13(17)14-9-3-4-10-11(5-9)19-6-18-10/h3-5H,6H2,1-2H3,(H,14,17)(H,15,16). The fourth-order valence-electron chi connectivity index (χ4n) is 2.05.